The third-order valence-corrected chi connectivity index (χ3v) is 3.68. The molecule has 2 heterocycles. The van der Waals surface area contributed by atoms with E-state index in [-0.39, 0.29) is 6.79 Å². The predicted octanol–water partition coefficient (Wildman–Crippen LogP) is 0.758. The largest absolute Gasteiger partial charge is 0.454 e. The summed E-state index contributed by atoms with van der Waals surface area (Å²) in [6, 6.07) is 7.61. The molecule has 3 rings (SSSR count). The smallest absolute Gasteiger partial charge is 0.329 e. The zero-order valence-electron chi connectivity index (χ0n) is 13.2. The molecule has 124 valence electrons. The minimum atomic E-state index is -1.09. The van der Waals surface area contributed by atoms with Gasteiger partial charge >= 0.3 is 11.8 Å². The van der Waals surface area contributed by atoms with Crippen molar-refractivity contribution < 1.29 is 19.1 Å². The third kappa shape index (κ3) is 2.81. The second-order valence-electron chi connectivity index (χ2n) is 5.26. The monoisotopic (exact) mass is 328 g/mol. The van der Waals surface area contributed by atoms with Gasteiger partial charge in [0.05, 0.1) is 6.21 Å². The maximum absolute atomic E-state index is 11.1. The number of amides is 2. The van der Waals surface area contributed by atoms with Crippen LogP contribution < -0.4 is 20.6 Å². The van der Waals surface area contributed by atoms with Crippen LogP contribution in [0.25, 0.3) is 5.69 Å². The Balaban J connectivity index is 1.88. The van der Waals surface area contributed by atoms with Gasteiger partial charge in [-0.1, -0.05) is 0 Å². The number of hydrogen-bond donors (Lipinski definition) is 2. The Kier molecular flexibility index (Phi) is 3.95. The maximum Gasteiger partial charge on any atom is 0.329 e. The van der Waals surface area contributed by atoms with Crippen LogP contribution in [0.4, 0.5) is 0 Å². The maximum atomic E-state index is 11.1. The van der Waals surface area contributed by atoms with Crippen molar-refractivity contribution in [3.8, 4) is 17.2 Å². The Hall–Kier alpha value is -3.29. The van der Waals surface area contributed by atoms with Gasteiger partial charge < -0.3 is 19.8 Å². The van der Waals surface area contributed by atoms with E-state index in [0.717, 1.165) is 28.4 Å². The van der Waals surface area contributed by atoms with Gasteiger partial charge in [-0.3, -0.25) is 9.59 Å². The third-order valence-electron chi connectivity index (χ3n) is 3.68. The van der Waals surface area contributed by atoms with E-state index in [1.165, 1.54) is 6.21 Å². The summed E-state index contributed by atoms with van der Waals surface area (Å²) in [7, 11) is 0. The van der Waals surface area contributed by atoms with Gasteiger partial charge in [0.25, 0.3) is 0 Å². The van der Waals surface area contributed by atoms with E-state index in [9.17, 15) is 9.59 Å². The molecule has 3 N–H and O–H groups in total. The average Bonchev–Trinajstić information content (AvgIpc) is 3.11. The molecule has 0 aliphatic carbocycles. The van der Waals surface area contributed by atoms with Crippen LogP contribution in [0.2, 0.25) is 0 Å². The number of hydrogen-bond acceptors (Lipinski definition) is 5. The second kappa shape index (κ2) is 6.07. The van der Waals surface area contributed by atoms with Crippen molar-refractivity contribution in [1.29, 1.82) is 0 Å². The summed E-state index contributed by atoms with van der Waals surface area (Å²) in [6.45, 7) is 4.10. The van der Waals surface area contributed by atoms with Gasteiger partial charge in [0.15, 0.2) is 11.5 Å². The molecule has 0 saturated heterocycles. The molecule has 0 saturated carbocycles. The molecule has 0 radical (unpaired) electrons. The normalized spacial score (nSPS) is 12.6. The van der Waals surface area contributed by atoms with Gasteiger partial charge in [-0.25, -0.2) is 5.43 Å². The van der Waals surface area contributed by atoms with Crippen LogP contribution >= 0.6 is 0 Å². The fourth-order valence-electron chi connectivity index (χ4n) is 2.56. The first-order valence-corrected chi connectivity index (χ1v) is 7.19. The summed E-state index contributed by atoms with van der Waals surface area (Å²) in [5.41, 5.74) is 10.5. The standard InChI is InChI=1S/C16H16N4O4/c1-9-5-11(7-18-19-16(22)15(17)21)10(2)20(9)12-3-4-13-14(6-12)24-8-23-13/h3-7H,8H2,1-2H3,(H2,17,21)(H,19,22)/b18-7-. The minimum absolute atomic E-state index is 0.222. The number of hydrazone groups is 1. The number of fused-ring (bicyclic) bond motifs is 1. The van der Waals surface area contributed by atoms with Crippen LogP contribution in [-0.4, -0.2) is 29.4 Å². The molecule has 0 unspecified atom stereocenters. The lowest BCUT2D eigenvalue weighted by atomic mass is 10.2. The fraction of sp³-hybridized carbons (Fsp3) is 0.188. The van der Waals surface area contributed by atoms with E-state index in [2.05, 4.69) is 10.5 Å². The molecule has 2 amide bonds. The quantitative estimate of drug-likeness (QED) is 0.492. The Morgan fingerprint density at radius 1 is 1.25 bits per heavy atom. The van der Waals surface area contributed by atoms with Crippen molar-refractivity contribution in [3.63, 3.8) is 0 Å². The summed E-state index contributed by atoms with van der Waals surface area (Å²) < 4.78 is 12.8. The zero-order chi connectivity index (χ0) is 17.3. The van der Waals surface area contributed by atoms with Crippen LogP contribution in [0, 0.1) is 13.8 Å². The summed E-state index contributed by atoms with van der Waals surface area (Å²) in [4.78, 5) is 21.7. The number of primary amides is 1. The van der Waals surface area contributed by atoms with Crippen molar-refractivity contribution in [3.05, 3.63) is 41.2 Å². The summed E-state index contributed by atoms with van der Waals surface area (Å²) in [5, 5.41) is 3.75. The van der Waals surface area contributed by atoms with Gasteiger partial charge in [0, 0.05) is 28.7 Å². The van der Waals surface area contributed by atoms with E-state index < -0.39 is 11.8 Å². The zero-order valence-corrected chi connectivity index (χ0v) is 13.2. The highest BCUT2D eigenvalue weighted by Crippen LogP contribution is 2.34. The van der Waals surface area contributed by atoms with Crippen LogP contribution in [0.1, 0.15) is 17.0 Å². The number of nitrogens with zero attached hydrogens (tertiary/aromatic N) is 2. The average molecular weight is 328 g/mol. The summed E-state index contributed by atoms with van der Waals surface area (Å²) >= 11 is 0. The van der Waals surface area contributed by atoms with Crippen LogP contribution in [-0.2, 0) is 9.59 Å². The van der Waals surface area contributed by atoms with E-state index in [1.807, 2.05) is 42.7 Å². The number of aryl methyl sites for hydroxylation is 1. The van der Waals surface area contributed by atoms with Gasteiger partial charge in [-0.05, 0) is 32.0 Å². The molecule has 1 aliphatic rings. The Labute approximate surface area is 137 Å². The van der Waals surface area contributed by atoms with Gasteiger partial charge in [0.2, 0.25) is 6.79 Å². The number of carbonyl (C=O) groups is 2. The molecular formula is C16H16N4O4. The number of ether oxygens (including phenoxy) is 2. The molecule has 0 fully saturated rings. The van der Waals surface area contributed by atoms with Crippen molar-refractivity contribution in [2.24, 2.45) is 10.8 Å². The first kappa shape index (κ1) is 15.6. The molecule has 24 heavy (non-hydrogen) atoms. The number of aromatic nitrogens is 1. The van der Waals surface area contributed by atoms with Gasteiger partial charge in [-0.2, -0.15) is 5.10 Å². The van der Waals surface area contributed by atoms with Gasteiger partial charge in [-0.15, -0.1) is 0 Å². The molecular weight excluding hydrogens is 312 g/mol. The van der Waals surface area contributed by atoms with Crippen LogP contribution in [0.3, 0.4) is 0 Å². The molecule has 8 nitrogen and oxygen atoms in total. The number of benzene rings is 1. The minimum Gasteiger partial charge on any atom is -0.454 e. The summed E-state index contributed by atoms with van der Waals surface area (Å²) in [5.74, 6) is -0.630. The van der Waals surface area contributed by atoms with Crippen molar-refractivity contribution in [2.75, 3.05) is 6.79 Å². The molecule has 1 aromatic carbocycles. The second-order valence-corrected chi connectivity index (χ2v) is 5.26. The predicted molar refractivity (Wildman–Crippen MR) is 86.3 cm³/mol. The van der Waals surface area contributed by atoms with Crippen LogP contribution in [0.5, 0.6) is 11.5 Å². The Morgan fingerprint density at radius 3 is 2.75 bits per heavy atom. The first-order chi connectivity index (χ1) is 11.5. The van der Waals surface area contributed by atoms with E-state index in [1.54, 1.807) is 0 Å². The Morgan fingerprint density at radius 2 is 2.00 bits per heavy atom. The number of rotatable bonds is 3. The van der Waals surface area contributed by atoms with Crippen molar-refractivity contribution in [2.45, 2.75) is 13.8 Å². The molecule has 2 aromatic rings. The molecule has 8 heteroatoms. The van der Waals surface area contributed by atoms with Crippen molar-refractivity contribution in [1.82, 2.24) is 9.99 Å². The number of carbonyl (C=O) groups excluding carboxylic acids is 2. The summed E-state index contributed by atoms with van der Waals surface area (Å²) in [6.07, 6.45) is 1.46. The lowest BCUT2D eigenvalue weighted by Crippen LogP contribution is -2.32. The van der Waals surface area contributed by atoms with Crippen molar-refractivity contribution >= 4 is 18.0 Å². The molecule has 0 spiro atoms. The number of nitrogens with one attached hydrogen (secondary N) is 1. The van der Waals surface area contributed by atoms with Gasteiger partial charge in [0.1, 0.15) is 0 Å². The van der Waals surface area contributed by atoms with E-state index in [4.69, 9.17) is 15.2 Å². The molecule has 0 bridgehead atoms. The van der Waals surface area contributed by atoms with E-state index >= 15 is 0 Å². The Bertz CT molecular complexity index is 854. The molecule has 0 atom stereocenters. The highest BCUT2D eigenvalue weighted by Gasteiger charge is 2.16. The highest BCUT2D eigenvalue weighted by atomic mass is 16.7. The molecule has 1 aliphatic heterocycles. The first-order valence-electron chi connectivity index (χ1n) is 7.19. The topological polar surface area (TPSA) is 108 Å². The lowest BCUT2D eigenvalue weighted by Gasteiger charge is -2.10. The SMILES string of the molecule is Cc1cc(/C=N\NC(=O)C(N)=O)c(C)n1-c1ccc2c(c1)OCO2. The van der Waals surface area contributed by atoms with Crippen LogP contribution in [0.15, 0.2) is 29.4 Å². The highest BCUT2D eigenvalue weighted by molar-refractivity contribution is 6.34. The lowest BCUT2D eigenvalue weighted by molar-refractivity contribution is -0.137. The molecule has 1 aromatic heterocycles. The fourth-order valence-corrected chi connectivity index (χ4v) is 2.56. The van der Waals surface area contributed by atoms with E-state index in [0.29, 0.717) is 5.75 Å². The number of nitrogens with two attached hydrogens (primary N) is 1.